The first-order chi connectivity index (χ1) is 9.96. The molecule has 3 heteroatoms. The van der Waals surface area contributed by atoms with Crippen LogP contribution >= 0.6 is 0 Å². The molecule has 1 heterocycles. The minimum atomic E-state index is -0.149. The first-order valence-corrected chi connectivity index (χ1v) is 8.21. The van der Waals surface area contributed by atoms with Gasteiger partial charge in [-0.25, -0.2) is 4.39 Å². The molecule has 1 aromatic rings. The van der Waals surface area contributed by atoms with Crippen LogP contribution in [-0.4, -0.2) is 30.1 Å². The molecule has 0 aliphatic carbocycles. The van der Waals surface area contributed by atoms with Gasteiger partial charge in [-0.1, -0.05) is 13.0 Å². The third-order valence-electron chi connectivity index (χ3n) is 4.77. The Morgan fingerprint density at radius 1 is 1.29 bits per heavy atom. The summed E-state index contributed by atoms with van der Waals surface area (Å²) in [6, 6.07) is 5.42. The molecule has 1 aliphatic heterocycles. The fraction of sp³-hybridized carbons (Fsp3) is 0.667. The van der Waals surface area contributed by atoms with Crippen molar-refractivity contribution in [2.45, 2.75) is 58.5 Å². The summed E-state index contributed by atoms with van der Waals surface area (Å²) in [4.78, 5) is 2.57. The molecule has 1 aliphatic rings. The van der Waals surface area contributed by atoms with E-state index in [1.807, 2.05) is 13.0 Å². The van der Waals surface area contributed by atoms with Crippen molar-refractivity contribution in [3.05, 3.63) is 35.1 Å². The van der Waals surface area contributed by atoms with Crippen LogP contribution in [0.5, 0.6) is 0 Å². The van der Waals surface area contributed by atoms with Gasteiger partial charge in [-0.2, -0.15) is 0 Å². The summed E-state index contributed by atoms with van der Waals surface area (Å²) < 4.78 is 13.4. The lowest BCUT2D eigenvalue weighted by atomic mass is 9.85. The molecule has 21 heavy (non-hydrogen) atoms. The lowest BCUT2D eigenvalue weighted by molar-refractivity contribution is 0.106. The van der Waals surface area contributed by atoms with Gasteiger partial charge in [0.1, 0.15) is 5.82 Å². The monoisotopic (exact) mass is 292 g/mol. The fourth-order valence-electron chi connectivity index (χ4n) is 3.47. The lowest BCUT2D eigenvalue weighted by Crippen LogP contribution is -2.51. The van der Waals surface area contributed by atoms with Gasteiger partial charge in [-0.15, -0.1) is 0 Å². The van der Waals surface area contributed by atoms with Gasteiger partial charge in [0.2, 0.25) is 0 Å². The van der Waals surface area contributed by atoms with E-state index in [2.05, 4.69) is 31.0 Å². The number of nitrogens with zero attached hydrogens (tertiary/aromatic N) is 1. The van der Waals surface area contributed by atoms with E-state index in [0.29, 0.717) is 0 Å². The Labute approximate surface area is 128 Å². The molecule has 0 aromatic heterocycles. The molecular weight excluding hydrogens is 263 g/mol. The van der Waals surface area contributed by atoms with Gasteiger partial charge in [-0.05, 0) is 82.9 Å². The normalized spacial score (nSPS) is 18.1. The number of aryl methyl sites for hydroxylation is 1. The minimum absolute atomic E-state index is 0.0360. The fourth-order valence-corrected chi connectivity index (χ4v) is 3.47. The zero-order valence-electron chi connectivity index (χ0n) is 13.9. The molecule has 0 bridgehead atoms. The van der Waals surface area contributed by atoms with E-state index in [1.165, 1.54) is 18.4 Å². The van der Waals surface area contributed by atoms with Crippen molar-refractivity contribution in [3.63, 3.8) is 0 Å². The lowest BCUT2D eigenvalue weighted by Gasteiger charge is -2.43. The number of hydrogen-bond acceptors (Lipinski definition) is 2. The van der Waals surface area contributed by atoms with Crippen LogP contribution in [0.2, 0.25) is 0 Å². The third kappa shape index (κ3) is 3.64. The highest BCUT2D eigenvalue weighted by atomic mass is 19.1. The SMILES string of the molecule is CCCNC(c1ccc(F)cc1C)C(C)(C)N1CCCC1. The van der Waals surface area contributed by atoms with E-state index in [-0.39, 0.29) is 17.4 Å². The molecule has 2 nitrogen and oxygen atoms in total. The van der Waals surface area contributed by atoms with Crippen molar-refractivity contribution >= 4 is 0 Å². The molecule has 1 N–H and O–H groups in total. The summed E-state index contributed by atoms with van der Waals surface area (Å²) in [5.41, 5.74) is 2.30. The summed E-state index contributed by atoms with van der Waals surface area (Å²) >= 11 is 0. The number of halogens is 1. The van der Waals surface area contributed by atoms with Crippen LogP contribution in [-0.2, 0) is 0 Å². The molecule has 118 valence electrons. The molecular formula is C18H29FN2. The highest BCUT2D eigenvalue weighted by molar-refractivity contribution is 5.32. The van der Waals surface area contributed by atoms with E-state index in [9.17, 15) is 4.39 Å². The van der Waals surface area contributed by atoms with Crippen molar-refractivity contribution in [2.24, 2.45) is 0 Å². The van der Waals surface area contributed by atoms with Crippen molar-refractivity contribution in [1.29, 1.82) is 0 Å². The maximum atomic E-state index is 13.4. The summed E-state index contributed by atoms with van der Waals surface area (Å²) in [5, 5.41) is 3.70. The Morgan fingerprint density at radius 2 is 1.95 bits per heavy atom. The van der Waals surface area contributed by atoms with Crippen molar-refractivity contribution < 1.29 is 4.39 Å². The Kier molecular flexibility index (Phi) is 5.39. The quantitative estimate of drug-likeness (QED) is 0.851. The number of hydrogen-bond donors (Lipinski definition) is 1. The van der Waals surface area contributed by atoms with Gasteiger partial charge < -0.3 is 5.32 Å². The topological polar surface area (TPSA) is 15.3 Å². The Hall–Kier alpha value is -0.930. The van der Waals surface area contributed by atoms with Gasteiger partial charge in [0, 0.05) is 5.54 Å². The number of benzene rings is 1. The number of likely N-dealkylation sites (tertiary alicyclic amines) is 1. The van der Waals surface area contributed by atoms with E-state index >= 15 is 0 Å². The molecule has 0 saturated carbocycles. The van der Waals surface area contributed by atoms with Crippen molar-refractivity contribution in [3.8, 4) is 0 Å². The maximum absolute atomic E-state index is 13.4. The molecule has 0 spiro atoms. The largest absolute Gasteiger partial charge is 0.308 e. The van der Waals surface area contributed by atoms with Crippen LogP contribution in [0.3, 0.4) is 0 Å². The second-order valence-corrected chi connectivity index (χ2v) is 6.74. The molecule has 1 saturated heterocycles. The zero-order valence-corrected chi connectivity index (χ0v) is 13.9. The standard InChI is InChI=1S/C18H29FN2/c1-5-10-20-17(16-9-8-15(19)13-14(16)2)18(3,4)21-11-6-7-12-21/h8-9,13,17,20H,5-7,10-12H2,1-4H3. The van der Waals surface area contributed by atoms with Crippen molar-refractivity contribution in [2.75, 3.05) is 19.6 Å². The molecule has 2 rings (SSSR count). The average Bonchev–Trinajstić information content (AvgIpc) is 2.95. The zero-order chi connectivity index (χ0) is 15.5. The smallest absolute Gasteiger partial charge is 0.123 e. The summed E-state index contributed by atoms with van der Waals surface area (Å²) in [6.07, 6.45) is 3.67. The minimum Gasteiger partial charge on any atom is -0.308 e. The van der Waals surface area contributed by atoms with E-state index in [0.717, 1.165) is 31.6 Å². The average molecular weight is 292 g/mol. The highest BCUT2D eigenvalue weighted by Crippen LogP contribution is 2.35. The predicted octanol–water partition coefficient (Wildman–Crippen LogP) is 4.05. The maximum Gasteiger partial charge on any atom is 0.123 e. The second-order valence-electron chi connectivity index (χ2n) is 6.74. The van der Waals surface area contributed by atoms with Crippen LogP contribution in [0.1, 0.15) is 57.2 Å². The van der Waals surface area contributed by atoms with Crippen LogP contribution in [0.4, 0.5) is 4.39 Å². The number of nitrogens with one attached hydrogen (secondary N) is 1. The highest BCUT2D eigenvalue weighted by Gasteiger charge is 2.37. The van der Waals surface area contributed by atoms with Gasteiger partial charge in [0.05, 0.1) is 6.04 Å². The molecule has 0 radical (unpaired) electrons. The van der Waals surface area contributed by atoms with Crippen LogP contribution in [0.25, 0.3) is 0 Å². The molecule has 0 amide bonds. The van der Waals surface area contributed by atoms with E-state index in [1.54, 1.807) is 12.1 Å². The van der Waals surface area contributed by atoms with Crippen LogP contribution in [0, 0.1) is 12.7 Å². The first kappa shape index (κ1) is 16.4. The molecule has 1 atom stereocenters. The van der Waals surface area contributed by atoms with Crippen LogP contribution < -0.4 is 5.32 Å². The molecule has 1 fully saturated rings. The van der Waals surface area contributed by atoms with Gasteiger partial charge in [-0.3, -0.25) is 4.90 Å². The second kappa shape index (κ2) is 6.89. The summed E-state index contributed by atoms with van der Waals surface area (Å²) in [6.45, 7) is 12.1. The van der Waals surface area contributed by atoms with Gasteiger partial charge >= 0.3 is 0 Å². The molecule has 1 aromatic carbocycles. The Balaban J connectivity index is 2.32. The predicted molar refractivity (Wildman–Crippen MR) is 87.1 cm³/mol. The van der Waals surface area contributed by atoms with E-state index < -0.39 is 0 Å². The Bertz CT molecular complexity index is 464. The van der Waals surface area contributed by atoms with Crippen molar-refractivity contribution in [1.82, 2.24) is 10.2 Å². The van der Waals surface area contributed by atoms with E-state index in [4.69, 9.17) is 0 Å². The Morgan fingerprint density at radius 3 is 2.52 bits per heavy atom. The number of rotatable bonds is 6. The summed E-state index contributed by atoms with van der Waals surface area (Å²) in [5.74, 6) is -0.149. The molecule has 1 unspecified atom stereocenters. The first-order valence-electron chi connectivity index (χ1n) is 8.21. The third-order valence-corrected chi connectivity index (χ3v) is 4.77. The summed E-state index contributed by atoms with van der Waals surface area (Å²) in [7, 11) is 0. The van der Waals surface area contributed by atoms with Gasteiger partial charge in [0.15, 0.2) is 0 Å². The van der Waals surface area contributed by atoms with Crippen LogP contribution in [0.15, 0.2) is 18.2 Å². The van der Waals surface area contributed by atoms with Gasteiger partial charge in [0.25, 0.3) is 0 Å².